The number of nitriles is 1. The molecule has 2 aromatic carbocycles. The van der Waals surface area contributed by atoms with Gasteiger partial charge in [0, 0.05) is 18.3 Å². The zero-order chi connectivity index (χ0) is 19.2. The molecule has 1 aromatic heterocycles. The fraction of sp³-hybridized carbons (Fsp3) is 0.190. The molecule has 0 saturated heterocycles. The van der Waals surface area contributed by atoms with Crippen LogP contribution in [0.15, 0.2) is 60.8 Å². The van der Waals surface area contributed by atoms with E-state index in [0.29, 0.717) is 17.0 Å². The molecule has 3 rings (SSSR count). The number of carbonyl (C=O) groups excluding carboxylic acids is 1. The summed E-state index contributed by atoms with van der Waals surface area (Å²) in [7, 11) is 1.60. The molecule has 1 heterocycles. The van der Waals surface area contributed by atoms with Crippen LogP contribution in [-0.4, -0.2) is 29.3 Å². The van der Waals surface area contributed by atoms with Gasteiger partial charge in [0.05, 0.1) is 30.3 Å². The number of nitrogens with one attached hydrogen (secondary N) is 1. The Morgan fingerprint density at radius 1 is 1.26 bits per heavy atom. The molecular formula is C21H20N4O2. The van der Waals surface area contributed by atoms with Crippen molar-refractivity contribution in [3.63, 3.8) is 0 Å². The summed E-state index contributed by atoms with van der Waals surface area (Å²) in [6.07, 6.45) is 1.70. The molecule has 0 bridgehead atoms. The van der Waals surface area contributed by atoms with E-state index in [-0.39, 0.29) is 18.4 Å². The third-order valence-corrected chi connectivity index (χ3v) is 4.11. The van der Waals surface area contributed by atoms with Crippen molar-refractivity contribution in [3.05, 3.63) is 66.4 Å². The fourth-order valence-corrected chi connectivity index (χ4v) is 2.62. The molecule has 0 fully saturated rings. The Hall–Kier alpha value is -3.59. The van der Waals surface area contributed by atoms with Gasteiger partial charge >= 0.3 is 0 Å². The second-order valence-corrected chi connectivity index (χ2v) is 6.14. The highest BCUT2D eigenvalue weighted by Gasteiger charge is 2.19. The van der Waals surface area contributed by atoms with Gasteiger partial charge in [-0.05, 0) is 31.2 Å². The van der Waals surface area contributed by atoms with Gasteiger partial charge in [-0.3, -0.25) is 4.79 Å². The molecule has 1 unspecified atom stereocenters. The van der Waals surface area contributed by atoms with Gasteiger partial charge in [0.2, 0.25) is 0 Å². The van der Waals surface area contributed by atoms with Gasteiger partial charge in [0.25, 0.3) is 5.91 Å². The summed E-state index contributed by atoms with van der Waals surface area (Å²) in [6, 6.07) is 19.1. The van der Waals surface area contributed by atoms with E-state index in [1.165, 1.54) is 0 Å². The van der Waals surface area contributed by atoms with Crippen LogP contribution in [0.4, 0.5) is 0 Å². The van der Waals surface area contributed by atoms with Crippen molar-refractivity contribution in [2.24, 2.45) is 5.92 Å². The number of methoxy groups -OCH3 is 1. The molecule has 1 amide bonds. The van der Waals surface area contributed by atoms with Gasteiger partial charge in [-0.2, -0.15) is 10.4 Å². The number of para-hydroxylation sites is 1. The second-order valence-electron chi connectivity index (χ2n) is 6.14. The molecule has 6 nitrogen and oxygen atoms in total. The van der Waals surface area contributed by atoms with Crippen molar-refractivity contribution in [1.29, 1.82) is 5.26 Å². The minimum atomic E-state index is -0.267. The minimum absolute atomic E-state index is 0.265. The summed E-state index contributed by atoms with van der Waals surface area (Å²) in [5.41, 5.74) is 2.63. The van der Waals surface area contributed by atoms with E-state index in [4.69, 9.17) is 10.00 Å². The Kier molecular flexibility index (Phi) is 5.53. The first-order chi connectivity index (χ1) is 13.1. The Balaban J connectivity index is 2.03. The van der Waals surface area contributed by atoms with Crippen LogP contribution in [0, 0.1) is 17.2 Å². The highest BCUT2D eigenvalue weighted by molar-refractivity contribution is 6.00. The van der Waals surface area contributed by atoms with Gasteiger partial charge in [-0.15, -0.1) is 0 Å². The van der Waals surface area contributed by atoms with Gasteiger partial charge in [0.1, 0.15) is 11.4 Å². The first-order valence-electron chi connectivity index (χ1n) is 8.59. The zero-order valence-corrected chi connectivity index (χ0v) is 15.2. The molecule has 3 aromatic rings. The van der Waals surface area contributed by atoms with Crippen molar-refractivity contribution in [1.82, 2.24) is 15.1 Å². The molecule has 0 aliphatic rings. The molecule has 0 radical (unpaired) electrons. The Bertz CT molecular complexity index is 973. The van der Waals surface area contributed by atoms with Crippen LogP contribution in [-0.2, 0) is 0 Å². The van der Waals surface area contributed by atoms with Gasteiger partial charge in [0.15, 0.2) is 0 Å². The maximum absolute atomic E-state index is 12.8. The monoisotopic (exact) mass is 360 g/mol. The number of benzene rings is 2. The number of nitrogens with zero attached hydrogens (tertiary/aromatic N) is 3. The van der Waals surface area contributed by atoms with E-state index < -0.39 is 0 Å². The van der Waals surface area contributed by atoms with E-state index in [0.717, 1.165) is 11.3 Å². The molecular weight excluding hydrogens is 340 g/mol. The van der Waals surface area contributed by atoms with Crippen LogP contribution < -0.4 is 10.1 Å². The number of amides is 1. The quantitative estimate of drug-likeness (QED) is 0.730. The normalized spacial score (nSPS) is 11.4. The predicted octanol–water partition coefficient (Wildman–Crippen LogP) is 3.44. The Morgan fingerprint density at radius 3 is 2.74 bits per heavy atom. The van der Waals surface area contributed by atoms with Crippen molar-refractivity contribution in [2.75, 3.05) is 13.7 Å². The number of carbonyl (C=O) groups is 1. The van der Waals surface area contributed by atoms with Crippen LogP contribution in [0.3, 0.4) is 0 Å². The molecule has 136 valence electrons. The molecule has 0 aliphatic carbocycles. The lowest BCUT2D eigenvalue weighted by Crippen LogP contribution is -2.27. The summed E-state index contributed by atoms with van der Waals surface area (Å²) >= 11 is 0. The molecule has 6 heteroatoms. The standard InChI is InChI=1S/C21H20N4O2/c1-15(12-22)13-23-21(26)19-14-25(17-8-4-3-5-9-17)24-20(19)16-7-6-10-18(11-16)27-2/h3-11,14-15H,13H2,1-2H3,(H,23,26). The van der Waals surface area contributed by atoms with Crippen molar-refractivity contribution in [3.8, 4) is 28.8 Å². The lowest BCUT2D eigenvalue weighted by Gasteiger charge is -2.07. The molecule has 1 atom stereocenters. The third-order valence-electron chi connectivity index (χ3n) is 4.11. The van der Waals surface area contributed by atoms with Crippen LogP contribution >= 0.6 is 0 Å². The summed E-state index contributed by atoms with van der Waals surface area (Å²) in [5.74, 6) is 0.154. The van der Waals surface area contributed by atoms with Gasteiger partial charge in [-0.25, -0.2) is 4.68 Å². The number of hydrogen-bond donors (Lipinski definition) is 1. The molecule has 27 heavy (non-hydrogen) atoms. The fourth-order valence-electron chi connectivity index (χ4n) is 2.62. The number of hydrogen-bond acceptors (Lipinski definition) is 4. The van der Waals surface area contributed by atoms with E-state index in [1.807, 2.05) is 54.6 Å². The van der Waals surface area contributed by atoms with Crippen molar-refractivity contribution in [2.45, 2.75) is 6.92 Å². The third kappa shape index (κ3) is 4.15. The molecule has 0 saturated carbocycles. The summed E-state index contributed by atoms with van der Waals surface area (Å²) < 4.78 is 6.97. The average Bonchev–Trinajstić information content (AvgIpc) is 3.18. The molecule has 1 N–H and O–H groups in total. The smallest absolute Gasteiger partial charge is 0.255 e. The second kappa shape index (κ2) is 8.19. The van der Waals surface area contributed by atoms with Gasteiger partial charge < -0.3 is 10.1 Å². The molecule has 0 aliphatic heterocycles. The van der Waals surface area contributed by atoms with Crippen LogP contribution in [0.1, 0.15) is 17.3 Å². The molecule has 0 spiro atoms. The minimum Gasteiger partial charge on any atom is -0.497 e. The van der Waals surface area contributed by atoms with Crippen LogP contribution in [0.2, 0.25) is 0 Å². The van der Waals surface area contributed by atoms with E-state index in [2.05, 4.69) is 16.5 Å². The zero-order valence-electron chi connectivity index (χ0n) is 15.2. The summed E-state index contributed by atoms with van der Waals surface area (Å²) in [6.45, 7) is 2.04. The maximum Gasteiger partial charge on any atom is 0.255 e. The van der Waals surface area contributed by atoms with E-state index in [9.17, 15) is 4.79 Å². The van der Waals surface area contributed by atoms with Crippen LogP contribution in [0.25, 0.3) is 16.9 Å². The van der Waals surface area contributed by atoms with E-state index in [1.54, 1.807) is 24.9 Å². The highest BCUT2D eigenvalue weighted by atomic mass is 16.5. The predicted molar refractivity (Wildman–Crippen MR) is 103 cm³/mol. The largest absolute Gasteiger partial charge is 0.497 e. The summed E-state index contributed by atoms with van der Waals surface area (Å²) in [4.78, 5) is 12.8. The van der Waals surface area contributed by atoms with Crippen molar-refractivity contribution < 1.29 is 9.53 Å². The van der Waals surface area contributed by atoms with Crippen molar-refractivity contribution >= 4 is 5.91 Å². The number of ether oxygens (including phenoxy) is 1. The van der Waals surface area contributed by atoms with Gasteiger partial charge in [-0.1, -0.05) is 30.3 Å². The Labute approximate surface area is 158 Å². The highest BCUT2D eigenvalue weighted by Crippen LogP contribution is 2.27. The average molecular weight is 360 g/mol. The lowest BCUT2D eigenvalue weighted by atomic mass is 10.1. The Morgan fingerprint density at radius 2 is 2.04 bits per heavy atom. The first-order valence-corrected chi connectivity index (χ1v) is 8.59. The number of aromatic nitrogens is 2. The SMILES string of the molecule is COc1cccc(-c2nn(-c3ccccc3)cc2C(=O)NCC(C)C#N)c1. The first kappa shape index (κ1) is 18.2. The number of rotatable bonds is 6. The summed E-state index contributed by atoms with van der Waals surface area (Å²) in [5, 5.41) is 16.4. The van der Waals surface area contributed by atoms with E-state index >= 15 is 0 Å². The topological polar surface area (TPSA) is 79.9 Å². The van der Waals surface area contributed by atoms with Crippen LogP contribution in [0.5, 0.6) is 5.75 Å². The lowest BCUT2D eigenvalue weighted by molar-refractivity contribution is 0.0951. The maximum atomic E-state index is 12.8.